The quantitative estimate of drug-likeness (QED) is 0.811. The maximum absolute atomic E-state index is 11.7. The minimum absolute atomic E-state index is 0.0486. The molecule has 6 nitrogen and oxygen atoms in total. The number of aromatic nitrogens is 2. The Morgan fingerprint density at radius 3 is 2.61 bits per heavy atom. The van der Waals surface area contributed by atoms with Gasteiger partial charge in [-0.25, -0.2) is 4.98 Å². The highest BCUT2D eigenvalue weighted by Crippen LogP contribution is 2.12. The number of anilines is 2. The highest BCUT2D eigenvalue weighted by Gasteiger charge is 2.13. The molecule has 1 heterocycles. The van der Waals surface area contributed by atoms with Crippen molar-refractivity contribution in [2.45, 2.75) is 13.8 Å². The van der Waals surface area contributed by atoms with E-state index in [4.69, 9.17) is 0 Å². The summed E-state index contributed by atoms with van der Waals surface area (Å²) in [6, 6.07) is 0. The number of hydrogen-bond acceptors (Lipinski definition) is 5. The SMILES string of the molecule is CCNc1cncc(N(CC)CC(=O)N(C)C)n1. The first-order valence-corrected chi connectivity index (χ1v) is 6.09. The van der Waals surface area contributed by atoms with Gasteiger partial charge in [0.25, 0.3) is 0 Å². The zero-order valence-corrected chi connectivity index (χ0v) is 11.5. The second-order valence-corrected chi connectivity index (χ2v) is 4.10. The summed E-state index contributed by atoms with van der Waals surface area (Å²) in [5, 5.41) is 3.11. The van der Waals surface area contributed by atoms with Gasteiger partial charge in [-0.15, -0.1) is 0 Å². The zero-order chi connectivity index (χ0) is 13.5. The van der Waals surface area contributed by atoms with E-state index in [2.05, 4.69) is 15.3 Å². The smallest absolute Gasteiger partial charge is 0.241 e. The first-order valence-electron chi connectivity index (χ1n) is 6.09. The molecule has 1 aromatic rings. The monoisotopic (exact) mass is 251 g/mol. The molecule has 0 bridgehead atoms. The van der Waals surface area contributed by atoms with Gasteiger partial charge in [-0.1, -0.05) is 0 Å². The zero-order valence-electron chi connectivity index (χ0n) is 11.5. The second kappa shape index (κ2) is 6.78. The predicted molar refractivity (Wildman–Crippen MR) is 72.8 cm³/mol. The van der Waals surface area contributed by atoms with Gasteiger partial charge in [-0.2, -0.15) is 0 Å². The van der Waals surface area contributed by atoms with E-state index in [0.717, 1.165) is 12.4 Å². The van der Waals surface area contributed by atoms with Crippen LogP contribution < -0.4 is 10.2 Å². The Labute approximate surface area is 108 Å². The van der Waals surface area contributed by atoms with Gasteiger partial charge in [-0.3, -0.25) is 9.78 Å². The molecule has 0 saturated carbocycles. The molecule has 18 heavy (non-hydrogen) atoms. The first-order chi connectivity index (χ1) is 8.58. The van der Waals surface area contributed by atoms with Crippen LogP contribution in [-0.2, 0) is 4.79 Å². The van der Waals surface area contributed by atoms with Crippen molar-refractivity contribution in [3.05, 3.63) is 12.4 Å². The van der Waals surface area contributed by atoms with Gasteiger partial charge in [0.1, 0.15) is 11.6 Å². The molecule has 0 fully saturated rings. The number of rotatable bonds is 6. The number of nitrogens with one attached hydrogen (secondary N) is 1. The summed E-state index contributed by atoms with van der Waals surface area (Å²) in [5.41, 5.74) is 0. The maximum Gasteiger partial charge on any atom is 0.241 e. The van der Waals surface area contributed by atoms with Crippen molar-refractivity contribution in [3.63, 3.8) is 0 Å². The molecular weight excluding hydrogens is 230 g/mol. The fraction of sp³-hybridized carbons (Fsp3) is 0.583. The number of amides is 1. The van der Waals surface area contributed by atoms with Crippen LogP contribution in [0.3, 0.4) is 0 Å². The van der Waals surface area contributed by atoms with Gasteiger partial charge in [0, 0.05) is 27.2 Å². The van der Waals surface area contributed by atoms with Gasteiger partial charge in [0.2, 0.25) is 5.91 Å². The lowest BCUT2D eigenvalue weighted by Crippen LogP contribution is -2.37. The molecule has 1 amide bonds. The van der Waals surface area contributed by atoms with Crippen LogP contribution in [-0.4, -0.2) is 54.5 Å². The number of nitrogens with zero attached hydrogens (tertiary/aromatic N) is 4. The Morgan fingerprint density at radius 2 is 2.06 bits per heavy atom. The number of carbonyl (C=O) groups is 1. The lowest BCUT2D eigenvalue weighted by Gasteiger charge is -2.23. The molecule has 0 aromatic carbocycles. The van der Waals surface area contributed by atoms with Gasteiger partial charge < -0.3 is 15.1 Å². The van der Waals surface area contributed by atoms with Gasteiger partial charge in [0.15, 0.2) is 0 Å². The molecule has 0 aliphatic carbocycles. The van der Waals surface area contributed by atoms with E-state index in [-0.39, 0.29) is 5.91 Å². The van der Waals surface area contributed by atoms with Crippen LogP contribution in [0.2, 0.25) is 0 Å². The molecular formula is C12H21N5O. The Bertz CT molecular complexity index is 394. The summed E-state index contributed by atoms with van der Waals surface area (Å²) in [7, 11) is 3.49. The van der Waals surface area contributed by atoms with Gasteiger partial charge in [-0.05, 0) is 13.8 Å². The van der Waals surface area contributed by atoms with Crippen LogP contribution in [0.25, 0.3) is 0 Å². The lowest BCUT2D eigenvalue weighted by atomic mass is 10.4. The Kier molecular flexibility index (Phi) is 5.35. The molecule has 1 aromatic heterocycles. The van der Waals surface area contributed by atoms with Crippen LogP contribution in [0, 0.1) is 0 Å². The maximum atomic E-state index is 11.7. The van der Waals surface area contributed by atoms with E-state index in [0.29, 0.717) is 18.9 Å². The molecule has 0 radical (unpaired) electrons. The fourth-order valence-corrected chi connectivity index (χ4v) is 1.43. The highest BCUT2D eigenvalue weighted by atomic mass is 16.2. The Balaban J connectivity index is 2.81. The summed E-state index contributed by atoms with van der Waals surface area (Å²) in [6.07, 6.45) is 3.35. The standard InChI is InChI=1S/C12H21N5O/c1-5-14-10-7-13-8-11(15-10)17(6-2)9-12(18)16(3)4/h7-8H,5-6,9H2,1-4H3,(H,14,15). The average molecular weight is 251 g/mol. The molecule has 6 heteroatoms. The third-order valence-corrected chi connectivity index (χ3v) is 2.51. The van der Waals surface area contributed by atoms with Crippen molar-refractivity contribution in [3.8, 4) is 0 Å². The van der Waals surface area contributed by atoms with E-state index < -0.39 is 0 Å². The fourth-order valence-electron chi connectivity index (χ4n) is 1.43. The van der Waals surface area contributed by atoms with Crippen LogP contribution >= 0.6 is 0 Å². The van der Waals surface area contributed by atoms with Crippen molar-refractivity contribution in [1.29, 1.82) is 0 Å². The topological polar surface area (TPSA) is 61.4 Å². The number of likely N-dealkylation sites (N-methyl/N-ethyl adjacent to an activating group) is 2. The summed E-state index contributed by atoms with van der Waals surface area (Å²) in [6.45, 7) is 5.81. The summed E-state index contributed by atoms with van der Waals surface area (Å²) >= 11 is 0. The molecule has 0 unspecified atom stereocenters. The van der Waals surface area contributed by atoms with Crippen molar-refractivity contribution in [1.82, 2.24) is 14.9 Å². The lowest BCUT2D eigenvalue weighted by molar-refractivity contribution is -0.127. The third kappa shape index (κ3) is 3.87. The van der Waals surface area contributed by atoms with Crippen LogP contribution in [0.5, 0.6) is 0 Å². The molecule has 0 aliphatic heterocycles. The van der Waals surface area contributed by atoms with Gasteiger partial charge >= 0.3 is 0 Å². The molecule has 0 spiro atoms. The molecule has 100 valence electrons. The van der Waals surface area contributed by atoms with E-state index in [1.165, 1.54) is 0 Å². The molecule has 0 aliphatic rings. The first kappa shape index (κ1) is 14.2. The Hall–Kier alpha value is -1.85. The molecule has 1 rings (SSSR count). The third-order valence-electron chi connectivity index (χ3n) is 2.51. The number of hydrogen-bond donors (Lipinski definition) is 1. The number of carbonyl (C=O) groups excluding carboxylic acids is 1. The largest absolute Gasteiger partial charge is 0.369 e. The van der Waals surface area contributed by atoms with Crippen molar-refractivity contribution >= 4 is 17.5 Å². The molecule has 0 atom stereocenters. The van der Waals surface area contributed by atoms with Crippen molar-refractivity contribution < 1.29 is 4.79 Å². The van der Waals surface area contributed by atoms with E-state index in [1.54, 1.807) is 31.4 Å². The van der Waals surface area contributed by atoms with E-state index >= 15 is 0 Å². The van der Waals surface area contributed by atoms with Crippen LogP contribution in [0.4, 0.5) is 11.6 Å². The molecule has 0 saturated heterocycles. The normalized spacial score (nSPS) is 10.0. The molecule has 1 N–H and O–H groups in total. The Morgan fingerprint density at radius 1 is 1.33 bits per heavy atom. The van der Waals surface area contributed by atoms with Gasteiger partial charge in [0.05, 0.1) is 18.9 Å². The van der Waals surface area contributed by atoms with Crippen LogP contribution in [0.1, 0.15) is 13.8 Å². The van der Waals surface area contributed by atoms with E-state index in [1.807, 2.05) is 18.7 Å². The summed E-state index contributed by atoms with van der Waals surface area (Å²) in [5.74, 6) is 1.49. The van der Waals surface area contributed by atoms with Crippen LogP contribution in [0.15, 0.2) is 12.4 Å². The minimum atomic E-state index is 0.0486. The summed E-state index contributed by atoms with van der Waals surface area (Å²) < 4.78 is 0. The summed E-state index contributed by atoms with van der Waals surface area (Å²) in [4.78, 5) is 23.7. The van der Waals surface area contributed by atoms with E-state index in [9.17, 15) is 4.79 Å². The predicted octanol–water partition coefficient (Wildman–Crippen LogP) is 0.823. The average Bonchev–Trinajstić information content (AvgIpc) is 2.36. The highest BCUT2D eigenvalue weighted by molar-refractivity contribution is 5.80. The second-order valence-electron chi connectivity index (χ2n) is 4.10. The van der Waals surface area contributed by atoms with Crippen molar-refractivity contribution in [2.24, 2.45) is 0 Å². The van der Waals surface area contributed by atoms with Crippen molar-refractivity contribution in [2.75, 3.05) is 43.9 Å². The minimum Gasteiger partial charge on any atom is -0.369 e.